The van der Waals surface area contributed by atoms with Crippen molar-refractivity contribution in [2.45, 2.75) is 37.5 Å². The summed E-state index contributed by atoms with van der Waals surface area (Å²) < 4.78 is 53.0. The molecule has 0 radical (unpaired) electrons. The molecule has 1 saturated carbocycles. The molecule has 8 heteroatoms. The molecule has 3 aromatic rings. The van der Waals surface area contributed by atoms with Crippen LogP contribution in [0.2, 0.25) is 0 Å². The van der Waals surface area contributed by atoms with Gasteiger partial charge in [0.1, 0.15) is 5.60 Å². The highest BCUT2D eigenvalue weighted by atomic mass is 19.4. The lowest BCUT2D eigenvalue weighted by Gasteiger charge is -2.36. The summed E-state index contributed by atoms with van der Waals surface area (Å²) in [4.78, 5) is 16.0. The van der Waals surface area contributed by atoms with Crippen molar-refractivity contribution in [1.82, 2.24) is 9.55 Å². The molecule has 1 aliphatic heterocycles. The Labute approximate surface area is 164 Å². The Morgan fingerprint density at radius 3 is 2.69 bits per heavy atom. The molecular formula is C21H17F3N2O3. The molecule has 0 N–H and O–H groups in total. The first kappa shape index (κ1) is 18.0. The van der Waals surface area contributed by atoms with Gasteiger partial charge in [-0.15, -0.1) is 0 Å². The number of hydrogen-bond donors (Lipinski definition) is 0. The fraction of sp³-hybridized carbons (Fsp3) is 0.333. The van der Waals surface area contributed by atoms with Gasteiger partial charge in [-0.3, -0.25) is 0 Å². The van der Waals surface area contributed by atoms with E-state index in [4.69, 9.17) is 9.47 Å². The van der Waals surface area contributed by atoms with Crippen LogP contribution >= 0.6 is 0 Å². The topological polar surface area (TPSA) is 53.4 Å². The highest BCUT2D eigenvalue weighted by molar-refractivity contribution is 6.05. The number of carbonyl (C=O) groups is 1. The van der Waals surface area contributed by atoms with Gasteiger partial charge < -0.3 is 14.0 Å². The van der Waals surface area contributed by atoms with E-state index in [1.54, 1.807) is 28.8 Å². The number of esters is 1. The van der Waals surface area contributed by atoms with E-state index < -0.39 is 23.4 Å². The van der Waals surface area contributed by atoms with E-state index >= 15 is 0 Å². The van der Waals surface area contributed by atoms with Gasteiger partial charge in [0, 0.05) is 23.6 Å². The summed E-state index contributed by atoms with van der Waals surface area (Å²) in [7, 11) is 1.27. The fourth-order valence-electron chi connectivity index (χ4n) is 4.21. The van der Waals surface area contributed by atoms with Crippen molar-refractivity contribution in [3.63, 3.8) is 0 Å². The molecule has 0 unspecified atom stereocenters. The van der Waals surface area contributed by atoms with Gasteiger partial charge in [-0.1, -0.05) is 18.2 Å². The van der Waals surface area contributed by atoms with Gasteiger partial charge in [0.15, 0.2) is 5.69 Å². The van der Waals surface area contributed by atoms with Gasteiger partial charge in [-0.25, -0.2) is 9.78 Å². The zero-order valence-electron chi connectivity index (χ0n) is 15.5. The lowest BCUT2D eigenvalue weighted by Crippen LogP contribution is -2.41. The number of benzene rings is 1. The van der Waals surface area contributed by atoms with Crippen LogP contribution in [-0.2, 0) is 17.3 Å². The van der Waals surface area contributed by atoms with Crippen molar-refractivity contribution < 1.29 is 27.4 Å². The Morgan fingerprint density at radius 1 is 1.28 bits per heavy atom. The predicted molar refractivity (Wildman–Crippen MR) is 98.3 cm³/mol. The first-order chi connectivity index (χ1) is 13.8. The summed E-state index contributed by atoms with van der Waals surface area (Å²) in [6, 6.07) is 8.08. The fourth-order valence-corrected chi connectivity index (χ4v) is 4.21. The summed E-state index contributed by atoms with van der Waals surface area (Å²) in [6.07, 6.45) is -0.0140. The number of hydrogen-bond acceptors (Lipinski definition) is 4. The molecule has 5 nitrogen and oxygen atoms in total. The number of ether oxygens (including phenoxy) is 2. The molecule has 1 aromatic carbocycles. The molecule has 0 bridgehead atoms. The van der Waals surface area contributed by atoms with Crippen LogP contribution < -0.4 is 4.74 Å². The van der Waals surface area contributed by atoms with Crippen LogP contribution in [0.3, 0.4) is 0 Å². The number of alkyl halides is 3. The minimum Gasteiger partial charge on any atom is -0.470 e. The van der Waals surface area contributed by atoms with E-state index in [2.05, 4.69) is 4.98 Å². The van der Waals surface area contributed by atoms with Gasteiger partial charge in [0.25, 0.3) is 0 Å². The number of carbonyl (C=O) groups excluding carboxylic acids is 1. The number of halogens is 3. The maximum absolute atomic E-state index is 13.5. The van der Waals surface area contributed by atoms with E-state index in [1.807, 2.05) is 0 Å². The van der Waals surface area contributed by atoms with Crippen LogP contribution in [0.25, 0.3) is 16.6 Å². The van der Waals surface area contributed by atoms with Crippen LogP contribution in [0.5, 0.6) is 5.88 Å². The van der Waals surface area contributed by atoms with Gasteiger partial charge >= 0.3 is 12.1 Å². The molecule has 0 atom stereocenters. The maximum atomic E-state index is 13.5. The van der Waals surface area contributed by atoms with Crippen molar-refractivity contribution in [2.75, 3.05) is 7.11 Å². The zero-order valence-corrected chi connectivity index (χ0v) is 15.5. The molecule has 29 heavy (non-hydrogen) atoms. The van der Waals surface area contributed by atoms with E-state index in [0.29, 0.717) is 34.1 Å². The van der Waals surface area contributed by atoms with Crippen molar-refractivity contribution in [2.24, 2.45) is 0 Å². The van der Waals surface area contributed by atoms with Gasteiger partial charge in [0.2, 0.25) is 5.88 Å². The van der Waals surface area contributed by atoms with Gasteiger partial charge in [0.05, 0.1) is 23.9 Å². The normalized spacial score (nSPS) is 17.1. The summed E-state index contributed by atoms with van der Waals surface area (Å²) in [5.74, 6) is -0.514. The highest BCUT2D eigenvalue weighted by Gasteiger charge is 2.48. The Balaban J connectivity index is 1.77. The Kier molecular flexibility index (Phi) is 3.72. The van der Waals surface area contributed by atoms with Crippen LogP contribution in [0.4, 0.5) is 13.2 Å². The predicted octanol–water partition coefficient (Wildman–Crippen LogP) is 4.69. The average Bonchev–Trinajstić information content (AvgIpc) is 3.25. The van der Waals surface area contributed by atoms with Gasteiger partial charge in [-0.2, -0.15) is 13.2 Å². The molecule has 0 amide bonds. The molecule has 1 fully saturated rings. The Morgan fingerprint density at radius 2 is 2.03 bits per heavy atom. The number of rotatable bonds is 2. The smallest absolute Gasteiger partial charge is 0.433 e. The quantitative estimate of drug-likeness (QED) is 0.584. The van der Waals surface area contributed by atoms with E-state index in [1.165, 1.54) is 13.3 Å². The van der Waals surface area contributed by atoms with Crippen LogP contribution in [0.15, 0.2) is 36.5 Å². The molecule has 1 spiro atoms. The van der Waals surface area contributed by atoms with E-state index in [9.17, 15) is 18.0 Å². The maximum Gasteiger partial charge on any atom is 0.433 e. The SMILES string of the molecule is COC(=O)c1cn(-c2cc(C(F)(F)F)nc3c2CC2(CCC2)O3)c2ccccc12. The standard InChI is InChI=1S/C21H17F3N2O3/c1-28-19(27)14-11-26(15-6-3-2-5-12(14)15)16-9-17(21(22,23)24)25-18-13(16)10-20(29-18)7-4-8-20/h2-3,5-6,9,11H,4,7-8,10H2,1H3. The Bertz CT molecular complexity index is 1150. The lowest BCUT2D eigenvalue weighted by atomic mass is 9.77. The minimum atomic E-state index is -4.61. The second kappa shape index (κ2) is 5.98. The number of fused-ring (bicyclic) bond motifs is 2. The number of aromatic nitrogens is 2. The van der Waals surface area contributed by atoms with Crippen molar-refractivity contribution >= 4 is 16.9 Å². The van der Waals surface area contributed by atoms with Crippen LogP contribution in [-0.4, -0.2) is 28.2 Å². The lowest BCUT2D eigenvalue weighted by molar-refractivity contribution is -0.141. The second-order valence-corrected chi connectivity index (χ2v) is 7.54. The number of nitrogens with zero attached hydrogens (tertiary/aromatic N) is 2. The molecular weight excluding hydrogens is 385 g/mol. The number of para-hydroxylation sites is 1. The number of pyridine rings is 1. The highest BCUT2D eigenvalue weighted by Crippen LogP contribution is 2.49. The molecule has 2 aromatic heterocycles. The largest absolute Gasteiger partial charge is 0.470 e. The first-order valence-electron chi connectivity index (χ1n) is 9.30. The van der Waals surface area contributed by atoms with Crippen molar-refractivity contribution in [3.05, 3.63) is 53.3 Å². The zero-order chi connectivity index (χ0) is 20.4. The summed E-state index contributed by atoms with van der Waals surface area (Å²) >= 11 is 0. The van der Waals surface area contributed by atoms with Gasteiger partial charge in [-0.05, 0) is 31.4 Å². The minimum absolute atomic E-state index is 0.0342. The van der Waals surface area contributed by atoms with Crippen LogP contribution in [0, 0.1) is 0 Å². The summed E-state index contributed by atoms with van der Waals surface area (Å²) in [5.41, 5.74) is 0.401. The third-order valence-electron chi connectivity index (χ3n) is 5.81. The average molecular weight is 402 g/mol. The van der Waals surface area contributed by atoms with Crippen LogP contribution in [0.1, 0.15) is 40.9 Å². The summed E-state index contributed by atoms with van der Waals surface area (Å²) in [6.45, 7) is 0. The van der Waals surface area contributed by atoms with E-state index in [0.717, 1.165) is 25.3 Å². The first-order valence-corrected chi connectivity index (χ1v) is 9.30. The van der Waals surface area contributed by atoms with E-state index in [-0.39, 0.29) is 5.88 Å². The molecule has 150 valence electrons. The monoisotopic (exact) mass is 402 g/mol. The van der Waals surface area contributed by atoms with Crippen molar-refractivity contribution in [1.29, 1.82) is 0 Å². The molecule has 2 aliphatic rings. The van der Waals surface area contributed by atoms with Crippen molar-refractivity contribution in [3.8, 4) is 11.6 Å². The third kappa shape index (κ3) is 2.69. The molecule has 3 heterocycles. The molecule has 1 aliphatic carbocycles. The third-order valence-corrected chi connectivity index (χ3v) is 5.81. The number of methoxy groups -OCH3 is 1. The summed E-state index contributed by atoms with van der Waals surface area (Å²) in [5, 5.41) is 0.607. The second-order valence-electron chi connectivity index (χ2n) is 7.54. The molecule has 0 saturated heterocycles. The molecule has 5 rings (SSSR count). The Hall–Kier alpha value is -3.03.